The van der Waals surface area contributed by atoms with Crippen LogP contribution in [-0.2, 0) is 0 Å². The number of anilines is 1. The molecule has 1 fully saturated rings. The van der Waals surface area contributed by atoms with Crippen molar-refractivity contribution in [2.24, 2.45) is 0 Å². The number of benzene rings is 1. The van der Waals surface area contributed by atoms with Gasteiger partial charge in [-0.05, 0) is 30.7 Å². The number of nitrogens with one attached hydrogen (secondary N) is 2. The SMILES string of the molecule is Cc1cc(Br)cc(-c2nc(N3CCNCC3)n[nH]2)c1. The third kappa shape index (κ3) is 2.79. The number of rotatable bonds is 2. The topological polar surface area (TPSA) is 56.8 Å². The predicted molar refractivity (Wildman–Crippen MR) is 79.3 cm³/mol. The highest BCUT2D eigenvalue weighted by molar-refractivity contribution is 9.10. The van der Waals surface area contributed by atoms with Gasteiger partial charge in [0.15, 0.2) is 5.82 Å². The zero-order valence-corrected chi connectivity index (χ0v) is 12.4. The van der Waals surface area contributed by atoms with Crippen LogP contribution in [0.3, 0.4) is 0 Å². The minimum Gasteiger partial charge on any atom is -0.337 e. The second kappa shape index (κ2) is 5.30. The van der Waals surface area contributed by atoms with E-state index < -0.39 is 0 Å². The molecule has 1 aromatic heterocycles. The molecule has 2 aromatic rings. The lowest BCUT2D eigenvalue weighted by atomic mass is 10.1. The van der Waals surface area contributed by atoms with E-state index in [1.165, 1.54) is 5.56 Å². The molecule has 0 aliphatic carbocycles. The van der Waals surface area contributed by atoms with Crippen LogP contribution in [0.4, 0.5) is 5.95 Å². The number of hydrogen-bond donors (Lipinski definition) is 2. The third-order valence-corrected chi connectivity index (χ3v) is 3.65. The minimum atomic E-state index is 0.786. The highest BCUT2D eigenvalue weighted by Crippen LogP contribution is 2.23. The summed E-state index contributed by atoms with van der Waals surface area (Å²) >= 11 is 3.51. The number of piperazine rings is 1. The molecule has 0 unspecified atom stereocenters. The molecule has 0 spiro atoms. The standard InChI is InChI=1S/C13H16BrN5/c1-9-6-10(8-11(14)7-9)12-16-13(18-17-12)19-4-2-15-3-5-19/h6-8,15H,2-5H2,1H3,(H,16,17,18). The monoisotopic (exact) mass is 321 g/mol. The van der Waals surface area contributed by atoms with Crippen LogP contribution in [-0.4, -0.2) is 41.4 Å². The molecule has 100 valence electrons. The van der Waals surface area contributed by atoms with Gasteiger partial charge in [0.1, 0.15) is 0 Å². The summed E-state index contributed by atoms with van der Waals surface area (Å²) in [5.74, 6) is 1.60. The second-order valence-corrected chi connectivity index (χ2v) is 5.65. The van der Waals surface area contributed by atoms with E-state index in [4.69, 9.17) is 0 Å². The molecule has 6 heteroatoms. The Balaban J connectivity index is 1.87. The van der Waals surface area contributed by atoms with Crippen LogP contribution in [0.15, 0.2) is 22.7 Å². The Bertz CT molecular complexity index is 554. The van der Waals surface area contributed by atoms with Crippen LogP contribution < -0.4 is 10.2 Å². The van der Waals surface area contributed by atoms with Crippen molar-refractivity contribution in [3.8, 4) is 11.4 Å². The number of aryl methyl sites for hydroxylation is 1. The molecule has 19 heavy (non-hydrogen) atoms. The highest BCUT2D eigenvalue weighted by Gasteiger charge is 2.15. The van der Waals surface area contributed by atoms with Gasteiger partial charge in [0.05, 0.1) is 0 Å². The Morgan fingerprint density at radius 3 is 2.74 bits per heavy atom. The van der Waals surface area contributed by atoms with Gasteiger partial charge in [-0.3, -0.25) is 5.10 Å². The molecule has 0 atom stereocenters. The van der Waals surface area contributed by atoms with E-state index in [0.29, 0.717) is 0 Å². The summed E-state index contributed by atoms with van der Waals surface area (Å²) in [6.45, 7) is 5.95. The van der Waals surface area contributed by atoms with Crippen molar-refractivity contribution < 1.29 is 0 Å². The van der Waals surface area contributed by atoms with Crippen LogP contribution in [0.5, 0.6) is 0 Å². The summed E-state index contributed by atoms with van der Waals surface area (Å²) in [4.78, 5) is 6.79. The summed E-state index contributed by atoms with van der Waals surface area (Å²) in [5.41, 5.74) is 2.25. The van der Waals surface area contributed by atoms with Crippen LogP contribution in [0.2, 0.25) is 0 Å². The number of halogens is 1. The average Bonchev–Trinajstić information content (AvgIpc) is 2.88. The summed E-state index contributed by atoms with van der Waals surface area (Å²) in [6.07, 6.45) is 0. The van der Waals surface area contributed by atoms with Crippen LogP contribution in [0.1, 0.15) is 5.56 Å². The van der Waals surface area contributed by atoms with Crippen LogP contribution in [0, 0.1) is 6.92 Å². The summed E-state index contributed by atoms with van der Waals surface area (Å²) < 4.78 is 1.06. The maximum atomic E-state index is 4.60. The number of aromatic amines is 1. The molecule has 0 amide bonds. The van der Waals surface area contributed by atoms with Gasteiger partial charge < -0.3 is 10.2 Å². The van der Waals surface area contributed by atoms with Crippen molar-refractivity contribution in [1.82, 2.24) is 20.5 Å². The molecule has 0 saturated carbocycles. The third-order valence-electron chi connectivity index (χ3n) is 3.19. The largest absolute Gasteiger partial charge is 0.337 e. The lowest BCUT2D eigenvalue weighted by Crippen LogP contribution is -2.44. The number of hydrogen-bond acceptors (Lipinski definition) is 4. The van der Waals surface area contributed by atoms with Crippen molar-refractivity contribution in [2.75, 3.05) is 31.1 Å². The van der Waals surface area contributed by atoms with Crippen molar-refractivity contribution in [2.45, 2.75) is 6.92 Å². The fraction of sp³-hybridized carbons (Fsp3) is 0.385. The molecule has 3 rings (SSSR count). The van der Waals surface area contributed by atoms with Crippen molar-refractivity contribution in [3.63, 3.8) is 0 Å². The number of nitrogens with zero attached hydrogens (tertiary/aromatic N) is 3. The van der Waals surface area contributed by atoms with Gasteiger partial charge in [0.25, 0.3) is 0 Å². The molecule has 1 aliphatic rings. The lowest BCUT2D eigenvalue weighted by Gasteiger charge is -2.25. The Morgan fingerprint density at radius 2 is 2.00 bits per heavy atom. The summed E-state index contributed by atoms with van der Waals surface area (Å²) in [6, 6.07) is 6.24. The Hall–Kier alpha value is -1.40. The predicted octanol–water partition coefficient (Wildman–Crippen LogP) is 1.95. The Kier molecular flexibility index (Phi) is 3.52. The van der Waals surface area contributed by atoms with E-state index in [0.717, 1.165) is 48.0 Å². The van der Waals surface area contributed by atoms with E-state index >= 15 is 0 Å². The van der Waals surface area contributed by atoms with Crippen molar-refractivity contribution in [3.05, 3.63) is 28.2 Å². The van der Waals surface area contributed by atoms with Gasteiger partial charge in [0.2, 0.25) is 5.95 Å². The molecule has 2 N–H and O–H groups in total. The quantitative estimate of drug-likeness (QED) is 0.887. The van der Waals surface area contributed by atoms with Gasteiger partial charge in [0, 0.05) is 36.2 Å². The van der Waals surface area contributed by atoms with Gasteiger partial charge in [-0.1, -0.05) is 15.9 Å². The van der Waals surface area contributed by atoms with Crippen molar-refractivity contribution in [1.29, 1.82) is 0 Å². The number of H-pyrrole nitrogens is 1. The molecular formula is C13H16BrN5. The van der Waals surface area contributed by atoms with E-state index in [1.54, 1.807) is 0 Å². The molecule has 5 nitrogen and oxygen atoms in total. The first kappa shape index (κ1) is 12.6. The summed E-state index contributed by atoms with van der Waals surface area (Å²) in [5, 5.41) is 10.7. The highest BCUT2D eigenvalue weighted by atomic mass is 79.9. The van der Waals surface area contributed by atoms with Gasteiger partial charge in [-0.15, -0.1) is 5.10 Å². The second-order valence-electron chi connectivity index (χ2n) is 4.74. The maximum absolute atomic E-state index is 4.60. The lowest BCUT2D eigenvalue weighted by molar-refractivity contribution is 0.580. The molecule has 1 saturated heterocycles. The fourth-order valence-electron chi connectivity index (χ4n) is 2.26. The normalized spacial score (nSPS) is 15.8. The summed E-state index contributed by atoms with van der Waals surface area (Å²) in [7, 11) is 0. The van der Waals surface area contributed by atoms with Crippen LogP contribution in [0.25, 0.3) is 11.4 Å². The van der Waals surface area contributed by atoms with Crippen molar-refractivity contribution >= 4 is 21.9 Å². The maximum Gasteiger partial charge on any atom is 0.245 e. The van der Waals surface area contributed by atoms with E-state index in [-0.39, 0.29) is 0 Å². The smallest absolute Gasteiger partial charge is 0.245 e. The first-order valence-corrected chi connectivity index (χ1v) is 7.17. The van der Waals surface area contributed by atoms with Gasteiger partial charge >= 0.3 is 0 Å². The van der Waals surface area contributed by atoms with E-state index in [1.807, 2.05) is 0 Å². The number of aromatic nitrogens is 3. The minimum absolute atomic E-state index is 0.786. The first-order chi connectivity index (χ1) is 9.22. The zero-order chi connectivity index (χ0) is 13.2. The molecular weight excluding hydrogens is 306 g/mol. The van der Waals surface area contributed by atoms with E-state index in [9.17, 15) is 0 Å². The zero-order valence-electron chi connectivity index (χ0n) is 10.8. The molecule has 1 aromatic carbocycles. The Labute approximate surface area is 120 Å². The van der Waals surface area contributed by atoms with Crippen LogP contribution >= 0.6 is 15.9 Å². The molecule has 2 heterocycles. The molecule has 0 radical (unpaired) electrons. The molecule has 0 bridgehead atoms. The van der Waals surface area contributed by atoms with E-state index in [2.05, 4.69) is 66.5 Å². The first-order valence-electron chi connectivity index (χ1n) is 6.38. The van der Waals surface area contributed by atoms with Gasteiger partial charge in [-0.25, -0.2) is 0 Å². The Morgan fingerprint density at radius 1 is 1.21 bits per heavy atom. The average molecular weight is 322 g/mol. The molecule has 1 aliphatic heterocycles. The fourth-order valence-corrected chi connectivity index (χ4v) is 2.87. The van der Waals surface area contributed by atoms with Gasteiger partial charge in [-0.2, -0.15) is 4.98 Å².